The number of aromatic nitrogens is 5. The molecule has 0 atom stereocenters. The number of benzene rings is 1. The van der Waals surface area contributed by atoms with Gasteiger partial charge in [0.2, 0.25) is 5.13 Å². The Morgan fingerprint density at radius 1 is 1.17 bits per heavy atom. The lowest BCUT2D eigenvalue weighted by molar-refractivity contribution is 0.102. The van der Waals surface area contributed by atoms with Crippen molar-refractivity contribution in [3.63, 3.8) is 0 Å². The fourth-order valence-corrected chi connectivity index (χ4v) is 3.46. The number of hydrogen-bond acceptors (Lipinski definition) is 7. The smallest absolute Gasteiger partial charge is 0.295 e. The minimum atomic E-state index is -0.311. The third kappa shape index (κ3) is 3.99. The molecule has 4 rings (SSSR count). The number of nitrogens with zero attached hydrogens (tertiary/aromatic N) is 5. The van der Waals surface area contributed by atoms with Gasteiger partial charge >= 0.3 is 0 Å². The number of hydrogen-bond donors (Lipinski definition) is 1. The van der Waals surface area contributed by atoms with E-state index in [1.54, 1.807) is 10.9 Å². The molecule has 0 saturated heterocycles. The first kappa shape index (κ1) is 18.8. The largest absolute Gasteiger partial charge is 0.472 e. The van der Waals surface area contributed by atoms with Crippen LogP contribution in [0.5, 0.6) is 5.19 Å². The number of aryl methyl sites for hydroxylation is 2. The Bertz CT molecular complexity index is 1180. The summed E-state index contributed by atoms with van der Waals surface area (Å²) in [5.41, 5.74) is 4.79. The molecule has 4 aromatic rings. The number of anilines is 1. The van der Waals surface area contributed by atoms with Crippen LogP contribution in [0.4, 0.5) is 5.13 Å². The van der Waals surface area contributed by atoms with Gasteiger partial charge in [0.1, 0.15) is 0 Å². The number of carbonyl (C=O) groups excluding carboxylic acids is 1. The summed E-state index contributed by atoms with van der Waals surface area (Å²) in [4.78, 5) is 17.2. The normalized spacial score (nSPS) is 10.7. The molecule has 146 valence electrons. The van der Waals surface area contributed by atoms with Crippen molar-refractivity contribution in [1.29, 1.82) is 0 Å². The van der Waals surface area contributed by atoms with E-state index < -0.39 is 0 Å². The average molecular weight is 406 g/mol. The summed E-state index contributed by atoms with van der Waals surface area (Å²) in [5, 5.41) is 15.7. The molecule has 0 saturated carbocycles. The Kier molecular flexibility index (Phi) is 5.05. The third-order valence-corrected chi connectivity index (χ3v) is 5.07. The topological polar surface area (TPSA) is 94.8 Å². The van der Waals surface area contributed by atoms with E-state index in [0.29, 0.717) is 15.9 Å². The van der Waals surface area contributed by atoms with Crippen molar-refractivity contribution in [3.05, 3.63) is 60.0 Å². The molecule has 1 N–H and O–H groups in total. The number of rotatable bonds is 5. The average Bonchev–Trinajstić information content (AvgIpc) is 3.36. The molecular weight excluding hydrogens is 388 g/mol. The lowest BCUT2D eigenvalue weighted by Crippen LogP contribution is -2.13. The Labute approximate surface area is 171 Å². The fourth-order valence-electron chi connectivity index (χ4n) is 2.90. The van der Waals surface area contributed by atoms with Crippen LogP contribution in [0.25, 0.3) is 22.4 Å². The molecule has 0 aliphatic heterocycles. The van der Waals surface area contributed by atoms with Crippen LogP contribution in [0.15, 0.2) is 48.8 Å². The Morgan fingerprint density at radius 2 is 2.00 bits per heavy atom. The maximum absolute atomic E-state index is 12.9. The molecular formula is C20H18N6O2S. The predicted molar refractivity (Wildman–Crippen MR) is 111 cm³/mol. The standard InChI is InChI=1S/C20H18N6O2S/c1-12-9-15(13-5-4-6-14(10-13)17-7-8-26(2)25-17)16(11-21-12)18(27)22-19-23-24-20(28-3)29-19/h4-11H,1-3H3,(H,22,23,27). The molecule has 0 radical (unpaired) electrons. The highest BCUT2D eigenvalue weighted by Gasteiger charge is 2.17. The van der Waals surface area contributed by atoms with Gasteiger partial charge in [-0.05, 0) is 47.6 Å². The van der Waals surface area contributed by atoms with Crippen LogP contribution in [-0.4, -0.2) is 38.0 Å². The maximum Gasteiger partial charge on any atom is 0.295 e. The molecule has 1 amide bonds. The summed E-state index contributed by atoms with van der Waals surface area (Å²) in [6.45, 7) is 1.89. The minimum absolute atomic E-state index is 0.311. The molecule has 0 aliphatic rings. The minimum Gasteiger partial charge on any atom is -0.472 e. The lowest BCUT2D eigenvalue weighted by Gasteiger charge is -2.11. The van der Waals surface area contributed by atoms with Crippen molar-refractivity contribution in [3.8, 4) is 27.6 Å². The van der Waals surface area contributed by atoms with E-state index in [2.05, 4.69) is 25.6 Å². The van der Waals surface area contributed by atoms with Crippen LogP contribution < -0.4 is 10.1 Å². The summed E-state index contributed by atoms with van der Waals surface area (Å²) in [5.74, 6) is -0.311. The van der Waals surface area contributed by atoms with Crippen molar-refractivity contribution in [2.45, 2.75) is 6.92 Å². The monoisotopic (exact) mass is 406 g/mol. The molecule has 9 heteroatoms. The van der Waals surface area contributed by atoms with Crippen LogP contribution in [0.1, 0.15) is 16.1 Å². The van der Waals surface area contributed by atoms with Gasteiger partial charge in [0.25, 0.3) is 11.1 Å². The van der Waals surface area contributed by atoms with Crippen LogP contribution >= 0.6 is 11.3 Å². The van der Waals surface area contributed by atoms with Crippen LogP contribution in [0, 0.1) is 6.92 Å². The van der Waals surface area contributed by atoms with Gasteiger partial charge in [0.15, 0.2) is 0 Å². The molecule has 29 heavy (non-hydrogen) atoms. The van der Waals surface area contributed by atoms with Crippen LogP contribution in [-0.2, 0) is 7.05 Å². The molecule has 3 aromatic heterocycles. The molecule has 0 spiro atoms. The summed E-state index contributed by atoms with van der Waals surface area (Å²) < 4.78 is 6.78. The van der Waals surface area contributed by atoms with Crippen LogP contribution in [0.3, 0.4) is 0 Å². The summed E-state index contributed by atoms with van der Waals surface area (Å²) in [7, 11) is 3.38. The summed E-state index contributed by atoms with van der Waals surface area (Å²) >= 11 is 1.16. The number of pyridine rings is 1. The van der Waals surface area contributed by atoms with E-state index in [4.69, 9.17) is 4.74 Å². The molecule has 8 nitrogen and oxygen atoms in total. The van der Waals surface area contributed by atoms with E-state index in [-0.39, 0.29) is 5.91 Å². The quantitative estimate of drug-likeness (QED) is 0.544. The number of ether oxygens (including phenoxy) is 1. The Morgan fingerprint density at radius 3 is 2.72 bits per heavy atom. The van der Waals surface area contributed by atoms with Gasteiger partial charge in [0.05, 0.1) is 18.4 Å². The molecule has 3 heterocycles. The molecule has 1 aromatic carbocycles. The Hall–Kier alpha value is -3.59. The van der Waals surface area contributed by atoms with E-state index in [1.807, 2.05) is 56.6 Å². The van der Waals surface area contributed by atoms with Gasteiger partial charge in [-0.25, -0.2) is 0 Å². The van der Waals surface area contributed by atoms with Gasteiger partial charge in [-0.3, -0.25) is 19.8 Å². The number of nitrogens with one attached hydrogen (secondary N) is 1. The second-order valence-electron chi connectivity index (χ2n) is 6.36. The second kappa shape index (κ2) is 7.80. The van der Waals surface area contributed by atoms with Crippen molar-refractivity contribution < 1.29 is 9.53 Å². The van der Waals surface area contributed by atoms with E-state index >= 15 is 0 Å². The van der Waals surface area contributed by atoms with Crippen molar-refractivity contribution in [2.24, 2.45) is 7.05 Å². The summed E-state index contributed by atoms with van der Waals surface area (Å²) in [6, 6.07) is 11.8. The first-order chi connectivity index (χ1) is 14.0. The first-order valence-electron chi connectivity index (χ1n) is 8.79. The fraction of sp³-hybridized carbons (Fsp3) is 0.150. The maximum atomic E-state index is 12.9. The van der Waals surface area contributed by atoms with Crippen molar-refractivity contribution in [1.82, 2.24) is 25.0 Å². The van der Waals surface area contributed by atoms with Gasteiger partial charge in [0, 0.05) is 30.7 Å². The van der Waals surface area contributed by atoms with E-state index in [0.717, 1.165) is 39.4 Å². The highest BCUT2D eigenvalue weighted by atomic mass is 32.1. The first-order valence-corrected chi connectivity index (χ1v) is 9.61. The zero-order valence-electron chi connectivity index (χ0n) is 16.1. The Balaban J connectivity index is 1.71. The van der Waals surface area contributed by atoms with Crippen molar-refractivity contribution in [2.75, 3.05) is 12.4 Å². The van der Waals surface area contributed by atoms with Gasteiger partial charge in [-0.1, -0.05) is 23.3 Å². The molecule has 0 unspecified atom stereocenters. The van der Waals surface area contributed by atoms with E-state index in [9.17, 15) is 4.79 Å². The van der Waals surface area contributed by atoms with Gasteiger partial charge < -0.3 is 4.74 Å². The summed E-state index contributed by atoms with van der Waals surface area (Å²) in [6.07, 6.45) is 3.47. The lowest BCUT2D eigenvalue weighted by atomic mass is 9.97. The third-order valence-electron chi connectivity index (χ3n) is 4.27. The highest BCUT2D eigenvalue weighted by molar-refractivity contribution is 7.17. The number of carbonyl (C=O) groups is 1. The van der Waals surface area contributed by atoms with Crippen molar-refractivity contribution >= 4 is 22.4 Å². The number of amides is 1. The van der Waals surface area contributed by atoms with Crippen LogP contribution in [0.2, 0.25) is 0 Å². The SMILES string of the molecule is COc1nnc(NC(=O)c2cnc(C)cc2-c2cccc(-c3ccn(C)n3)c2)s1. The molecule has 0 aliphatic carbocycles. The molecule has 0 fully saturated rings. The van der Waals surface area contributed by atoms with Gasteiger partial charge in [-0.15, -0.1) is 5.10 Å². The predicted octanol–water partition coefficient (Wildman–Crippen LogP) is 3.57. The van der Waals surface area contributed by atoms with E-state index in [1.165, 1.54) is 7.11 Å². The molecule has 0 bridgehead atoms. The highest BCUT2D eigenvalue weighted by Crippen LogP contribution is 2.29. The van der Waals surface area contributed by atoms with Gasteiger partial charge in [-0.2, -0.15) is 5.10 Å². The second-order valence-corrected chi connectivity index (χ2v) is 7.30. The number of methoxy groups -OCH3 is 1. The zero-order chi connectivity index (χ0) is 20.4. The zero-order valence-corrected chi connectivity index (χ0v) is 16.9.